The summed E-state index contributed by atoms with van der Waals surface area (Å²) in [5, 5.41) is 3.35. The molecule has 70 valence electrons. The number of benzene rings is 1. The lowest BCUT2D eigenvalue weighted by molar-refractivity contribution is 0.764. The van der Waals surface area contributed by atoms with Crippen molar-refractivity contribution in [3.8, 4) is 0 Å². The maximum absolute atomic E-state index is 5.48. The summed E-state index contributed by atoms with van der Waals surface area (Å²) in [4.78, 5) is 0. The zero-order chi connectivity index (χ0) is 9.10. The monoisotopic (exact) mass is 176 g/mol. The minimum absolute atomic E-state index is 0.787. The topological polar surface area (TPSA) is 38.0 Å². The highest BCUT2D eigenvalue weighted by Gasteiger charge is 2.09. The van der Waals surface area contributed by atoms with Gasteiger partial charge in [0.15, 0.2) is 0 Å². The Kier molecular flexibility index (Phi) is 2.62. The van der Waals surface area contributed by atoms with E-state index in [1.165, 1.54) is 16.7 Å². The normalized spacial score (nSPS) is 14.5. The predicted molar refractivity (Wildman–Crippen MR) is 54.4 cm³/mol. The molecule has 2 rings (SSSR count). The molecule has 0 radical (unpaired) electrons. The first kappa shape index (κ1) is 8.73. The Morgan fingerprint density at radius 2 is 2.08 bits per heavy atom. The smallest absolute Gasteiger partial charge is 0.0212 e. The van der Waals surface area contributed by atoms with E-state index in [4.69, 9.17) is 5.73 Å². The Morgan fingerprint density at radius 3 is 2.92 bits per heavy atom. The first-order chi connectivity index (χ1) is 6.40. The number of hydrogen-bond acceptors (Lipinski definition) is 2. The SMILES string of the molecule is NCCCc1ccc2c(c1)CNC2. The summed E-state index contributed by atoms with van der Waals surface area (Å²) in [6.45, 7) is 2.85. The van der Waals surface area contributed by atoms with Crippen molar-refractivity contribution in [3.05, 3.63) is 34.9 Å². The second-order valence-corrected chi connectivity index (χ2v) is 3.60. The van der Waals surface area contributed by atoms with Crippen LogP contribution >= 0.6 is 0 Å². The predicted octanol–water partition coefficient (Wildman–Crippen LogP) is 1.18. The molecule has 2 heteroatoms. The average molecular weight is 176 g/mol. The van der Waals surface area contributed by atoms with E-state index < -0.39 is 0 Å². The van der Waals surface area contributed by atoms with Crippen molar-refractivity contribution in [1.29, 1.82) is 0 Å². The Morgan fingerprint density at radius 1 is 1.23 bits per heavy atom. The number of hydrogen-bond donors (Lipinski definition) is 2. The van der Waals surface area contributed by atoms with Gasteiger partial charge in [0.25, 0.3) is 0 Å². The largest absolute Gasteiger partial charge is 0.330 e. The minimum Gasteiger partial charge on any atom is -0.330 e. The van der Waals surface area contributed by atoms with E-state index in [1.54, 1.807) is 0 Å². The molecular formula is C11H16N2. The first-order valence-corrected chi connectivity index (χ1v) is 4.91. The second kappa shape index (κ2) is 3.90. The van der Waals surface area contributed by atoms with Crippen LogP contribution in [0.3, 0.4) is 0 Å². The van der Waals surface area contributed by atoms with Crippen molar-refractivity contribution in [2.24, 2.45) is 5.73 Å². The zero-order valence-corrected chi connectivity index (χ0v) is 7.84. The number of nitrogens with one attached hydrogen (secondary N) is 1. The van der Waals surface area contributed by atoms with Gasteiger partial charge in [0.2, 0.25) is 0 Å². The average Bonchev–Trinajstić information content (AvgIpc) is 2.61. The van der Waals surface area contributed by atoms with Gasteiger partial charge < -0.3 is 11.1 Å². The van der Waals surface area contributed by atoms with Crippen LogP contribution in [0, 0.1) is 0 Å². The quantitative estimate of drug-likeness (QED) is 0.725. The molecule has 0 amide bonds. The number of aryl methyl sites for hydroxylation is 1. The van der Waals surface area contributed by atoms with E-state index in [0.717, 1.165) is 32.5 Å². The Balaban J connectivity index is 2.12. The molecule has 0 aliphatic carbocycles. The summed E-state index contributed by atoms with van der Waals surface area (Å²) < 4.78 is 0. The highest BCUT2D eigenvalue weighted by molar-refractivity contribution is 5.34. The third-order valence-electron chi connectivity index (χ3n) is 2.57. The highest BCUT2D eigenvalue weighted by atomic mass is 14.9. The number of fused-ring (bicyclic) bond motifs is 1. The second-order valence-electron chi connectivity index (χ2n) is 3.60. The van der Waals surface area contributed by atoms with Crippen LogP contribution in [-0.4, -0.2) is 6.54 Å². The van der Waals surface area contributed by atoms with Crippen molar-refractivity contribution in [3.63, 3.8) is 0 Å². The van der Waals surface area contributed by atoms with Crippen molar-refractivity contribution >= 4 is 0 Å². The van der Waals surface area contributed by atoms with Crippen LogP contribution in [0.25, 0.3) is 0 Å². The van der Waals surface area contributed by atoms with Crippen LogP contribution in [0.4, 0.5) is 0 Å². The van der Waals surface area contributed by atoms with Crippen molar-refractivity contribution in [1.82, 2.24) is 5.32 Å². The van der Waals surface area contributed by atoms with Gasteiger partial charge in [0.05, 0.1) is 0 Å². The molecule has 0 saturated heterocycles. The lowest BCUT2D eigenvalue weighted by Gasteiger charge is -2.02. The van der Waals surface area contributed by atoms with Gasteiger partial charge in [-0.3, -0.25) is 0 Å². The van der Waals surface area contributed by atoms with Gasteiger partial charge in [-0.05, 0) is 36.1 Å². The molecule has 1 aromatic carbocycles. The number of rotatable bonds is 3. The molecule has 0 fully saturated rings. The van der Waals surface area contributed by atoms with E-state index in [9.17, 15) is 0 Å². The fourth-order valence-corrected chi connectivity index (χ4v) is 1.81. The summed E-state index contributed by atoms with van der Waals surface area (Å²) in [6.07, 6.45) is 2.20. The zero-order valence-electron chi connectivity index (χ0n) is 7.84. The molecule has 2 nitrogen and oxygen atoms in total. The van der Waals surface area contributed by atoms with Gasteiger partial charge in [-0.25, -0.2) is 0 Å². The van der Waals surface area contributed by atoms with E-state index in [1.807, 2.05) is 0 Å². The molecule has 1 aromatic rings. The summed E-state index contributed by atoms with van der Waals surface area (Å²) >= 11 is 0. The molecule has 1 heterocycles. The van der Waals surface area contributed by atoms with Gasteiger partial charge in [0.1, 0.15) is 0 Å². The van der Waals surface area contributed by atoms with Crippen molar-refractivity contribution < 1.29 is 0 Å². The molecule has 0 aromatic heterocycles. The molecule has 13 heavy (non-hydrogen) atoms. The molecule has 1 aliphatic heterocycles. The van der Waals surface area contributed by atoms with Crippen LogP contribution in [0.15, 0.2) is 18.2 Å². The Labute approximate surface area is 79.1 Å². The fourth-order valence-electron chi connectivity index (χ4n) is 1.81. The van der Waals surface area contributed by atoms with Gasteiger partial charge in [-0.2, -0.15) is 0 Å². The minimum atomic E-state index is 0.787. The van der Waals surface area contributed by atoms with E-state index in [-0.39, 0.29) is 0 Å². The summed E-state index contributed by atoms with van der Waals surface area (Å²) in [5.41, 5.74) is 9.82. The molecule has 0 bridgehead atoms. The van der Waals surface area contributed by atoms with Crippen LogP contribution in [0.2, 0.25) is 0 Å². The third-order valence-corrected chi connectivity index (χ3v) is 2.57. The van der Waals surface area contributed by atoms with E-state index >= 15 is 0 Å². The van der Waals surface area contributed by atoms with Crippen LogP contribution in [-0.2, 0) is 19.5 Å². The van der Waals surface area contributed by atoms with Crippen LogP contribution in [0.5, 0.6) is 0 Å². The van der Waals surface area contributed by atoms with E-state index in [2.05, 4.69) is 23.5 Å². The third kappa shape index (κ3) is 1.90. The first-order valence-electron chi connectivity index (χ1n) is 4.91. The molecule has 0 atom stereocenters. The van der Waals surface area contributed by atoms with Crippen LogP contribution in [0.1, 0.15) is 23.1 Å². The standard InChI is InChI=1S/C11H16N2/c12-5-1-2-9-3-4-10-7-13-8-11(10)6-9/h3-4,6,13H,1-2,5,7-8,12H2. The lowest BCUT2D eigenvalue weighted by Crippen LogP contribution is -2.01. The summed E-state index contributed by atoms with van der Waals surface area (Å²) in [7, 11) is 0. The Bertz CT molecular complexity index is 294. The molecule has 0 spiro atoms. The summed E-state index contributed by atoms with van der Waals surface area (Å²) in [6, 6.07) is 6.77. The van der Waals surface area contributed by atoms with Gasteiger partial charge in [-0.1, -0.05) is 18.2 Å². The molecular weight excluding hydrogens is 160 g/mol. The maximum Gasteiger partial charge on any atom is 0.0212 e. The van der Waals surface area contributed by atoms with Crippen LogP contribution < -0.4 is 11.1 Å². The van der Waals surface area contributed by atoms with Crippen molar-refractivity contribution in [2.75, 3.05) is 6.54 Å². The van der Waals surface area contributed by atoms with Crippen molar-refractivity contribution in [2.45, 2.75) is 25.9 Å². The van der Waals surface area contributed by atoms with Gasteiger partial charge in [0, 0.05) is 13.1 Å². The van der Waals surface area contributed by atoms with Gasteiger partial charge >= 0.3 is 0 Å². The molecule has 0 saturated carbocycles. The summed E-state index contributed by atoms with van der Waals surface area (Å²) in [5.74, 6) is 0. The Hall–Kier alpha value is -0.860. The van der Waals surface area contributed by atoms with E-state index in [0.29, 0.717) is 0 Å². The molecule has 0 unspecified atom stereocenters. The van der Waals surface area contributed by atoms with Gasteiger partial charge in [-0.15, -0.1) is 0 Å². The fraction of sp³-hybridized carbons (Fsp3) is 0.455. The maximum atomic E-state index is 5.48. The number of nitrogens with two attached hydrogens (primary N) is 1. The highest BCUT2D eigenvalue weighted by Crippen LogP contribution is 2.17. The lowest BCUT2D eigenvalue weighted by atomic mass is 10.0. The molecule has 1 aliphatic rings. The molecule has 3 N–H and O–H groups in total.